The first-order valence-electron chi connectivity index (χ1n) is 8.79. The summed E-state index contributed by atoms with van der Waals surface area (Å²) in [7, 11) is 0. The van der Waals surface area contributed by atoms with Gasteiger partial charge in [0.15, 0.2) is 5.78 Å². The number of hydrogen-bond acceptors (Lipinski definition) is 3. The van der Waals surface area contributed by atoms with E-state index in [2.05, 4.69) is 17.6 Å². The molecule has 0 radical (unpaired) electrons. The van der Waals surface area contributed by atoms with Crippen LogP contribution in [0.15, 0.2) is 6.07 Å². The monoisotopic (exact) mass is 318 g/mol. The Morgan fingerprint density at radius 2 is 2.04 bits per heavy atom. The second-order valence-electron chi connectivity index (χ2n) is 6.82. The van der Waals surface area contributed by atoms with Crippen molar-refractivity contribution >= 4 is 11.9 Å². The number of primary amides is 1. The molecule has 2 aliphatic rings. The van der Waals surface area contributed by atoms with E-state index in [0.29, 0.717) is 18.1 Å². The standard InChI is InChI=1S/C18H26N2O3/c1-2-13-10-15-16(4-3-5-17(15)21)20(13)11-12-6-8-14(9-7-12)23-18(19)22/h10,12,14H,2-9,11H2,1H3,(H2,19,22)/t12-,14-. The van der Waals surface area contributed by atoms with Crippen molar-refractivity contribution in [3.05, 3.63) is 23.0 Å². The predicted molar refractivity (Wildman–Crippen MR) is 87.5 cm³/mol. The molecule has 1 aromatic heterocycles. The van der Waals surface area contributed by atoms with Crippen molar-refractivity contribution in [2.24, 2.45) is 11.7 Å². The molecule has 0 bridgehead atoms. The molecule has 5 nitrogen and oxygen atoms in total. The first-order chi connectivity index (χ1) is 11.1. The van der Waals surface area contributed by atoms with Crippen LogP contribution >= 0.6 is 0 Å². The van der Waals surface area contributed by atoms with Gasteiger partial charge in [0, 0.05) is 29.9 Å². The fourth-order valence-electron chi connectivity index (χ4n) is 4.08. The quantitative estimate of drug-likeness (QED) is 0.926. The largest absolute Gasteiger partial charge is 0.446 e. The molecule has 126 valence electrons. The van der Waals surface area contributed by atoms with Crippen LogP contribution in [0.4, 0.5) is 4.79 Å². The number of carbonyl (C=O) groups excluding carboxylic acids is 2. The molecule has 1 amide bonds. The van der Waals surface area contributed by atoms with Gasteiger partial charge in [0.2, 0.25) is 0 Å². The van der Waals surface area contributed by atoms with Crippen molar-refractivity contribution in [2.75, 3.05) is 0 Å². The van der Waals surface area contributed by atoms with Gasteiger partial charge in [0.1, 0.15) is 6.10 Å². The highest BCUT2D eigenvalue weighted by molar-refractivity contribution is 5.98. The summed E-state index contributed by atoms with van der Waals surface area (Å²) in [6, 6.07) is 2.11. The zero-order valence-corrected chi connectivity index (χ0v) is 13.8. The van der Waals surface area contributed by atoms with Crippen molar-refractivity contribution in [3.8, 4) is 0 Å². The molecular formula is C18H26N2O3. The van der Waals surface area contributed by atoms with Crippen LogP contribution in [0.2, 0.25) is 0 Å². The van der Waals surface area contributed by atoms with E-state index in [-0.39, 0.29) is 6.10 Å². The zero-order chi connectivity index (χ0) is 16.4. The minimum absolute atomic E-state index is 0.0189. The molecule has 2 aliphatic carbocycles. The molecule has 23 heavy (non-hydrogen) atoms. The van der Waals surface area contributed by atoms with E-state index in [1.165, 1.54) is 11.4 Å². The Bertz CT molecular complexity index is 598. The molecule has 0 unspecified atom stereocenters. The molecule has 2 N–H and O–H groups in total. The predicted octanol–water partition coefficient (Wildman–Crippen LogP) is 3.22. The lowest BCUT2D eigenvalue weighted by Gasteiger charge is -2.29. The summed E-state index contributed by atoms with van der Waals surface area (Å²) < 4.78 is 7.51. The van der Waals surface area contributed by atoms with Gasteiger partial charge in [-0.15, -0.1) is 0 Å². The highest BCUT2D eigenvalue weighted by atomic mass is 16.6. The Morgan fingerprint density at radius 3 is 2.70 bits per heavy atom. The van der Waals surface area contributed by atoms with Crippen LogP contribution in [0.3, 0.4) is 0 Å². The van der Waals surface area contributed by atoms with Gasteiger partial charge < -0.3 is 15.0 Å². The summed E-state index contributed by atoms with van der Waals surface area (Å²) in [4.78, 5) is 23.0. The molecule has 0 aliphatic heterocycles. The maximum Gasteiger partial charge on any atom is 0.404 e. The van der Waals surface area contributed by atoms with Crippen molar-refractivity contribution < 1.29 is 14.3 Å². The van der Waals surface area contributed by atoms with Crippen LogP contribution in [-0.4, -0.2) is 22.5 Å². The molecular weight excluding hydrogens is 292 g/mol. The lowest BCUT2D eigenvalue weighted by atomic mass is 9.87. The van der Waals surface area contributed by atoms with Crippen LogP contribution < -0.4 is 5.73 Å². The van der Waals surface area contributed by atoms with Crippen LogP contribution in [0.5, 0.6) is 0 Å². The van der Waals surface area contributed by atoms with E-state index < -0.39 is 6.09 Å². The van der Waals surface area contributed by atoms with Crippen molar-refractivity contribution in [1.82, 2.24) is 4.57 Å². The SMILES string of the molecule is CCc1cc2c(n1C[C@H]1CC[C@H](OC(N)=O)CC1)CCCC2=O. The van der Waals surface area contributed by atoms with Crippen molar-refractivity contribution in [1.29, 1.82) is 0 Å². The summed E-state index contributed by atoms with van der Waals surface area (Å²) in [5.41, 5.74) is 8.58. The molecule has 3 rings (SSSR count). The van der Waals surface area contributed by atoms with E-state index >= 15 is 0 Å². The first-order valence-corrected chi connectivity index (χ1v) is 8.79. The summed E-state index contributed by atoms with van der Waals surface area (Å²) in [5, 5.41) is 0. The second kappa shape index (κ2) is 6.77. The number of fused-ring (bicyclic) bond motifs is 1. The summed E-state index contributed by atoms with van der Waals surface area (Å²) in [6.45, 7) is 3.13. The highest BCUT2D eigenvalue weighted by Gasteiger charge is 2.27. The Morgan fingerprint density at radius 1 is 1.30 bits per heavy atom. The third-order valence-corrected chi connectivity index (χ3v) is 5.29. The van der Waals surface area contributed by atoms with E-state index in [4.69, 9.17) is 10.5 Å². The molecule has 1 aromatic rings. The van der Waals surface area contributed by atoms with Crippen LogP contribution in [0.1, 0.15) is 67.2 Å². The fraction of sp³-hybridized carbons (Fsp3) is 0.667. The molecule has 1 heterocycles. The minimum atomic E-state index is -0.667. The Hall–Kier alpha value is -1.78. The summed E-state index contributed by atoms with van der Waals surface area (Å²) in [6.07, 6.45) is 6.81. The number of Topliss-reactive ketones (excluding diaryl/α,β-unsaturated/α-hetero) is 1. The Labute approximate surface area is 137 Å². The van der Waals surface area contributed by atoms with Gasteiger partial charge in [-0.1, -0.05) is 6.92 Å². The van der Waals surface area contributed by atoms with Gasteiger partial charge in [-0.05, 0) is 56.9 Å². The molecule has 5 heteroatoms. The van der Waals surface area contributed by atoms with E-state index in [0.717, 1.165) is 57.1 Å². The third-order valence-electron chi connectivity index (χ3n) is 5.29. The van der Waals surface area contributed by atoms with E-state index in [1.807, 2.05) is 0 Å². The van der Waals surface area contributed by atoms with E-state index in [9.17, 15) is 9.59 Å². The van der Waals surface area contributed by atoms with Crippen molar-refractivity contribution in [2.45, 2.75) is 70.9 Å². The molecule has 0 spiro atoms. The van der Waals surface area contributed by atoms with E-state index in [1.54, 1.807) is 0 Å². The average Bonchev–Trinajstić information content (AvgIpc) is 2.88. The normalized spacial score (nSPS) is 24.3. The van der Waals surface area contributed by atoms with Crippen molar-refractivity contribution in [3.63, 3.8) is 0 Å². The number of nitrogens with zero attached hydrogens (tertiary/aromatic N) is 1. The number of amides is 1. The first kappa shape index (κ1) is 16.1. The second-order valence-corrected chi connectivity index (χ2v) is 6.82. The number of hydrogen-bond donors (Lipinski definition) is 1. The lowest BCUT2D eigenvalue weighted by Crippen LogP contribution is -2.29. The number of ketones is 1. The number of rotatable bonds is 4. The smallest absolute Gasteiger partial charge is 0.404 e. The Kier molecular flexibility index (Phi) is 4.74. The maximum absolute atomic E-state index is 12.1. The van der Waals surface area contributed by atoms with Gasteiger partial charge in [-0.2, -0.15) is 0 Å². The zero-order valence-electron chi connectivity index (χ0n) is 13.8. The topological polar surface area (TPSA) is 74.3 Å². The van der Waals surface area contributed by atoms with Crippen LogP contribution in [0.25, 0.3) is 0 Å². The number of aryl methyl sites for hydroxylation is 1. The van der Waals surface area contributed by atoms with Crippen LogP contribution in [-0.2, 0) is 24.1 Å². The maximum atomic E-state index is 12.1. The minimum Gasteiger partial charge on any atom is -0.446 e. The number of aromatic nitrogens is 1. The number of carbonyl (C=O) groups is 2. The molecule has 0 aromatic carbocycles. The molecule has 1 saturated carbocycles. The average molecular weight is 318 g/mol. The molecule has 0 saturated heterocycles. The molecule has 1 fully saturated rings. The van der Waals surface area contributed by atoms with Gasteiger partial charge >= 0.3 is 6.09 Å². The van der Waals surface area contributed by atoms with Gasteiger partial charge in [0.25, 0.3) is 0 Å². The van der Waals surface area contributed by atoms with Gasteiger partial charge in [0.05, 0.1) is 0 Å². The fourth-order valence-corrected chi connectivity index (χ4v) is 4.08. The number of ether oxygens (including phenoxy) is 1. The summed E-state index contributed by atoms with van der Waals surface area (Å²) >= 11 is 0. The third kappa shape index (κ3) is 3.43. The van der Waals surface area contributed by atoms with Crippen LogP contribution in [0, 0.1) is 5.92 Å². The summed E-state index contributed by atoms with van der Waals surface area (Å²) in [5.74, 6) is 0.889. The Balaban J connectivity index is 1.69. The highest BCUT2D eigenvalue weighted by Crippen LogP contribution is 2.31. The molecule has 0 atom stereocenters. The van der Waals surface area contributed by atoms with Gasteiger partial charge in [-0.25, -0.2) is 4.79 Å². The van der Waals surface area contributed by atoms with Gasteiger partial charge in [-0.3, -0.25) is 4.79 Å². The lowest BCUT2D eigenvalue weighted by molar-refractivity contribution is 0.0684. The number of nitrogens with two attached hydrogens (primary N) is 1.